The normalized spacial score (nSPS) is 12.0. The highest BCUT2D eigenvalue weighted by atomic mass is 32.1. The Hall–Kier alpha value is -5.64. The van der Waals surface area contributed by atoms with E-state index in [0.717, 1.165) is 0 Å². The molecule has 2 nitrogen and oxygen atoms in total. The Bertz CT molecular complexity index is 2740. The molecule has 0 bridgehead atoms. The molecular formula is C42H26N2S. The van der Waals surface area contributed by atoms with E-state index in [-0.39, 0.29) is 0 Å². The van der Waals surface area contributed by atoms with E-state index in [2.05, 4.69) is 167 Å². The van der Waals surface area contributed by atoms with Crippen molar-refractivity contribution in [2.45, 2.75) is 0 Å². The third-order valence-electron chi connectivity index (χ3n) is 9.32. The number of benzene rings is 7. The molecule has 45 heavy (non-hydrogen) atoms. The van der Waals surface area contributed by atoms with Gasteiger partial charge in [0.25, 0.3) is 0 Å². The first-order chi connectivity index (χ1) is 22.3. The zero-order valence-electron chi connectivity index (χ0n) is 24.3. The molecule has 0 fully saturated rings. The van der Waals surface area contributed by atoms with E-state index >= 15 is 0 Å². The van der Waals surface area contributed by atoms with Gasteiger partial charge in [0.1, 0.15) is 0 Å². The van der Waals surface area contributed by atoms with Crippen LogP contribution in [0.15, 0.2) is 158 Å². The maximum absolute atomic E-state index is 2.49. The van der Waals surface area contributed by atoms with Gasteiger partial charge in [-0.15, -0.1) is 11.3 Å². The second-order valence-corrected chi connectivity index (χ2v) is 12.8. The Morgan fingerprint density at radius 2 is 0.911 bits per heavy atom. The van der Waals surface area contributed by atoms with E-state index in [1.165, 1.54) is 86.3 Å². The third kappa shape index (κ3) is 3.56. The molecular weight excluding hydrogens is 565 g/mol. The van der Waals surface area contributed by atoms with Crippen LogP contribution in [0.5, 0.6) is 0 Å². The summed E-state index contributed by atoms with van der Waals surface area (Å²) in [6.45, 7) is 0. The molecule has 0 unspecified atom stereocenters. The summed E-state index contributed by atoms with van der Waals surface area (Å²) >= 11 is 1.89. The van der Waals surface area contributed by atoms with E-state index in [4.69, 9.17) is 0 Å². The number of nitrogens with zero attached hydrogens (tertiary/aromatic N) is 2. The van der Waals surface area contributed by atoms with E-state index in [1.807, 2.05) is 11.3 Å². The van der Waals surface area contributed by atoms with Crippen LogP contribution in [-0.2, 0) is 0 Å². The van der Waals surface area contributed by atoms with Crippen LogP contribution in [0.2, 0.25) is 0 Å². The van der Waals surface area contributed by atoms with Crippen molar-refractivity contribution in [2.24, 2.45) is 0 Å². The molecule has 3 aromatic heterocycles. The predicted molar refractivity (Wildman–Crippen MR) is 193 cm³/mol. The molecule has 3 heterocycles. The molecule has 7 aromatic carbocycles. The second kappa shape index (κ2) is 9.43. The zero-order chi connectivity index (χ0) is 29.5. The fraction of sp³-hybridized carbons (Fsp3) is 0. The summed E-state index contributed by atoms with van der Waals surface area (Å²) in [6.07, 6.45) is 0. The van der Waals surface area contributed by atoms with Crippen LogP contribution in [0.1, 0.15) is 0 Å². The van der Waals surface area contributed by atoms with Gasteiger partial charge in [-0.3, -0.25) is 0 Å². The van der Waals surface area contributed by atoms with Crippen LogP contribution >= 0.6 is 11.3 Å². The Labute approximate surface area is 263 Å². The molecule has 10 aromatic rings. The van der Waals surface area contributed by atoms with Crippen molar-refractivity contribution in [1.29, 1.82) is 0 Å². The van der Waals surface area contributed by atoms with Gasteiger partial charge in [-0.1, -0.05) is 109 Å². The van der Waals surface area contributed by atoms with E-state index in [0.29, 0.717) is 0 Å². The Balaban J connectivity index is 1.28. The molecule has 0 saturated heterocycles. The predicted octanol–water partition coefficient (Wildman–Crippen LogP) is 11.9. The zero-order valence-corrected chi connectivity index (χ0v) is 25.1. The lowest BCUT2D eigenvalue weighted by molar-refractivity contribution is 1.18. The molecule has 0 atom stereocenters. The maximum Gasteiger partial charge on any atom is 0.0640 e. The molecule has 0 amide bonds. The lowest BCUT2D eigenvalue weighted by Crippen LogP contribution is -1.95. The van der Waals surface area contributed by atoms with Gasteiger partial charge in [0.2, 0.25) is 0 Å². The molecule has 210 valence electrons. The van der Waals surface area contributed by atoms with Crippen molar-refractivity contribution in [3.63, 3.8) is 0 Å². The summed E-state index contributed by atoms with van der Waals surface area (Å²) in [4.78, 5) is 0. The average Bonchev–Trinajstić information content (AvgIpc) is 3.75. The molecule has 0 aliphatic heterocycles. The number of aromatic nitrogens is 2. The fourth-order valence-corrected chi connectivity index (χ4v) is 8.52. The van der Waals surface area contributed by atoms with Crippen molar-refractivity contribution >= 4 is 75.1 Å². The van der Waals surface area contributed by atoms with Crippen LogP contribution < -0.4 is 0 Å². The molecule has 0 spiro atoms. The quantitative estimate of drug-likeness (QED) is 0.194. The van der Waals surface area contributed by atoms with Gasteiger partial charge in [-0.2, -0.15) is 0 Å². The second-order valence-electron chi connectivity index (χ2n) is 11.8. The number of hydrogen-bond acceptors (Lipinski definition) is 1. The minimum atomic E-state index is 1.17. The lowest BCUT2D eigenvalue weighted by Gasteiger charge is -2.11. The Morgan fingerprint density at radius 3 is 1.64 bits per heavy atom. The van der Waals surface area contributed by atoms with Crippen LogP contribution in [0, 0.1) is 0 Å². The third-order valence-corrected chi connectivity index (χ3v) is 10.5. The van der Waals surface area contributed by atoms with E-state index in [1.54, 1.807) is 0 Å². The van der Waals surface area contributed by atoms with E-state index in [9.17, 15) is 0 Å². The summed E-state index contributed by atoms with van der Waals surface area (Å²) in [6, 6.07) is 57.6. The molecule has 0 aliphatic carbocycles. The summed E-state index contributed by atoms with van der Waals surface area (Å²) in [5, 5.41) is 7.70. The lowest BCUT2D eigenvalue weighted by atomic mass is 10.1. The molecule has 10 rings (SSSR count). The first kappa shape index (κ1) is 24.8. The van der Waals surface area contributed by atoms with Gasteiger partial charge < -0.3 is 9.13 Å². The minimum Gasteiger partial charge on any atom is -0.309 e. The maximum atomic E-state index is 2.49. The Kier molecular flexibility index (Phi) is 5.19. The van der Waals surface area contributed by atoms with Gasteiger partial charge in [0.05, 0.1) is 32.5 Å². The number of para-hydroxylation sites is 2. The van der Waals surface area contributed by atoms with Crippen molar-refractivity contribution in [3.05, 3.63) is 158 Å². The van der Waals surface area contributed by atoms with E-state index < -0.39 is 0 Å². The molecule has 0 saturated carbocycles. The summed E-state index contributed by atoms with van der Waals surface area (Å²) in [5.74, 6) is 0. The number of hydrogen-bond donors (Lipinski definition) is 0. The highest BCUT2D eigenvalue weighted by Crippen LogP contribution is 2.43. The Morgan fingerprint density at radius 1 is 0.356 bits per heavy atom. The van der Waals surface area contributed by atoms with Crippen LogP contribution in [0.25, 0.3) is 86.3 Å². The van der Waals surface area contributed by atoms with Gasteiger partial charge in [0.15, 0.2) is 0 Å². The summed E-state index contributed by atoms with van der Waals surface area (Å²) in [7, 11) is 0. The van der Waals surface area contributed by atoms with Crippen LogP contribution in [0.3, 0.4) is 0 Å². The fourth-order valence-electron chi connectivity index (χ4n) is 7.31. The highest BCUT2D eigenvalue weighted by Gasteiger charge is 2.20. The monoisotopic (exact) mass is 590 g/mol. The average molecular weight is 591 g/mol. The van der Waals surface area contributed by atoms with Gasteiger partial charge in [-0.05, 0) is 59.7 Å². The standard InChI is InChI=1S/C42H26N2S/c1-2-11-27(12-3-1)28-21-23-29(24-22-28)43-36-17-7-4-13-30(36)34-26-40-35(25-39(34)43)31-14-5-8-18-37(31)44(40)38-19-10-16-33-32-15-6-9-20-41(32)45-42(33)38/h1-26H. The van der Waals surface area contributed by atoms with Crippen molar-refractivity contribution < 1.29 is 0 Å². The minimum absolute atomic E-state index is 1.17. The van der Waals surface area contributed by atoms with Crippen molar-refractivity contribution in [2.75, 3.05) is 0 Å². The van der Waals surface area contributed by atoms with Crippen LogP contribution in [-0.4, -0.2) is 9.13 Å². The molecule has 0 radical (unpaired) electrons. The number of rotatable bonds is 3. The SMILES string of the molecule is c1ccc(-c2ccc(-n3c4ccccc4c4cc5c(cc43)c3ccccc3n5-c3cccc4c3sc3ccccc34)cc2)cc1. The molecule has 0 N–H and O–H groups in total. The highest BCUT2D eigenvalue weighted by molar-refractivity contribution is 7.26. The molecule has 3 heteroatoms. The largest absolute Gasteiger partial charge is 0.309 e. The van der Waals surface area contributed by atoms with Gasteiger partial charge in [0, 0.05) is 42.7 Å². The summed E-state index contributed by atoms with van der Waals surface area (Å²) < 4.78 is 7.56. The topological polar surface area (TPSA) is 9.86 Å². The molecule has 0 aliphatic rings. The summed E-state index contributed by atoms with van der Waals surface area (Å²) in [5.41, 5.74) is 9.76. The van der Waals surface area contributed by atoms with Gasteiger partial charge in [-0.25, -0.2) is 0 Å². The number of thiophene rings is 1. The smallest absolute Gasteiger partial charge is 0.0640 e. The van der Waals surface area contributed by atoms with Crippen molar-refractivity contribution in [1.82, 2.24) is 9.13 Å². The first-order valence-corrected chi connectivity index (χ1v) is 16.2. The van der Waals surface area contributed by atoms with Gasteiger partial charge >= 0.3 is 0 Å². The van der Waals surface area contributed by atoms with Crippen molar-refractivity contribution in [3.8, 4) is 22.5 Å². The first-order valence-electron chi connectivity index (χ1n) is 15.4. The van der Waals surface area contributed by atoms with Crippen LogP contribution in [0.4, 0.5) is 0 Å². The number of fused-ring (bicyclic) bond motifs is 9.